The van der Waals surface area contributed by atoms with E-state index in [-0.39, 0.29) is 11.9 Å². The molecule has 2 aliphatic heterocycles. The van der Waals surface area contributed by atoms with E-state index in [1.54, 1.807) is 16.7 Å². The highest BCUT2D eigenvalue weighted by molar-refractivity contribution is 8.14. The second-order valence-corrected chi connectivity index (χ2v) is 6.14. The molecule has 2 aliphatic rings. The smallest absolute Gasteiger partial charge is 0.247 e. The third kappa shape index (κ3) is 2.51. The average molecular weight is 241 g/mol. The molecule has 0 radical (unpaired) electrons. The fourth-order valence-corrected chi connectivity index (χ4v) is 3.40. The largest absolute Gasteiger partial charge is 0.362 e. The number of hydrogen-bond acceptors (Lipinski definition) is 3. The number of amidine groups is 1. The number of aliphatic imine (C=N–C) groups is 1. The summed E-state index contributed by atoms with van der Waals surface area (Å²) < 4.78 is 0. The van der Waals surface area contributed by atoms with E-state index in [0.717, 1.165) is 24.6 Å². The number of likely N-dealkylation sites (tertiary alicyclic amines) is 1. The van der Waals surface area contributed by atoms with Gasteiger partial charge in [0, 0.05) is 24.9 Å². The van der Waals surface area contributed by atoms with Crippen LogP contribution >= 0.6 is 11.8 Å². The summed E-state index contributed by atoms with van der Waals surface area (Å²) >= 11 is 1.75. The molecule has 0 aromatic carbocycles. The van der Waals surface area contributed by atoms with Crippen LogP contribution in [0.25, 0.3) is 0 Å². The van der Waals surface area contributed by atoms with Crippen LogP contribution in [0.5, 0.6) is 0 Å². The van der Waals surface area contributed by atoms with Gasteiger partial charge in [-0.2, -0.15) is 0 Å². The molecule has 0 aromatic rings. The Labute approximate surface area is 101 Å². The van der Waals surface area contributed by atoms with Crippen molar-refractivity contribution in [1.29, 1.82) is 0 Å². The summed E-state index contributed by atoms with van der Waals surface area (Å²) in [5.41, 5.74) is 0. The maximum Gasteiger partial charge on any atom is 0.247 e. The van der Waals surface area contributed by atoms with E-state index in [0.29, 0.717) is 11.3 Å². The van der Waals surface area contributed by atoms with Gasteiger partial charge in [0.05, 0.1) is 0 Å². The number of nitrogens with one attached hydrogen (secondary N) is 1. The Bertz CT molecular complexity index is 306. The lowest BCUT2D eigenvalue weighted by Gasteiger charge is -2.27. The Morgan fingerprint density at radius 2 is 2.25 bits per heavy atom. The number of nitrogens with zero attached hydrogens (tertiary/aromatic N) is 2. The third-order valence-corrected chi connectivity index (χ3v) is 4.08. The maximum absolute atomic E-state index is 11.7. The van der Waals surface area contributed by atoms with E-state index < -0.39 is 0 Å². The molecule has 0 spiro atoms. The van der Waals surface area contributed by atoms with Gasteiger partial charge in [0.25, 0.3) is 0 Å². The molecule has 2 saturated heterocycles. The van der Waals surface area contributed by atoms with Crippen LogP contribution in [0.15, 0.2) is 4.99 Å². The lowest BCUT2D eigenvalue weighted by atomic mass is 10.2. The van der Waals surface area contributed by atoms with Crippen molar-refractivity contribution in [2.45, 2.75) is 44.0 Å². The van der Waals surface area contributed by atoms with Gasteiger partial charge in [-0.1, -0.05) is 18.7 Å². The quantitative estimate of drug-likeness (QED) is 0.747. The number of likely N-dealkylation sites (N-methyl/N-ethyl adjacent to an activating group) is 1. The van der Waals surface area contributed by atoms with Crippen LogP contribution in [0, 0.1) is 0 Å². The van der Waals surface area contributed by atoms with Crippen molar-refractivity contribution >= 4 is 22.8 Å². The van der Waals surface area contributed by atoms with Crippen molar-refractivity contribution in [3.63, 3.8) is 0 Å². The minimum absolute atomic E-state index is 0.153. The number of amides is 1. The van der Waals surface area contributed by atoms with Gasteiger partial charge < -0.3 is 10.2 Å². The van der Waals surface area contributed by atoms with Gasteiger partial charge in [-0.15, -0.1) is 0 Å². The molecule has 2 rings (SSSR count). The molecule has 0 aliphatic carbocycles. The van der Waals surface area contributed by atoms with E-state index in [9.17, 15) is 4.79 Å². The highest BCUT2D eigenvalue weighted by Crippen LogP contribution is 2.24. The van der Waals surface area contributed by atoms with E-state index >= 15 is 0 Å². The van der Waals surface area contributed by atoms with Crippen molar-refractivity contribution in [3.8, 4) is 0 Å². The third-order valence-electron chi connectivity index (χ3n) is 3.04. The molecular formula is C11H19N3OS. The number of rotatable bonds is 1. The standard InChI is InChI=1S/C11H19N3OS/c1-7-6-8(2)16-11(12-7)13-9-4-5-14(3)10(9)15/h7-9H,4-6H2,1-3H3,(H,12,13). The van der Waals surface area contributed by atoms with Crippen LogP contribution in [0.1, 0.15) is 26.7 Å². The van der Waals surface area contributed by atoms with Crippen LogP contribution in [0.2, 0.25) is 0 Å². The van der Waals surface area contributed by atoms with E-state index in [1.807, 2.05) is 7.05 Å². The summed E-state index contributed by atoms with van der Waals surface area (Å²) in [6, 6.07) is 0.307. The summed E-state index contributed by atoms with van der Waals surface area (Å²) in [6.07, 6.45) is 2.01. The second-order valence-electron chi connectivity index (χ2n) is 4.71. The Kier molecular flexibility index (Phi) is 3.42. The lowest BCUT2D eigenvalue weighted by Crippen LogP contribution is -2.39. The van der Waals surface area contributed by atoms with Crippen LogP contribution < -0.4 is 5.32 Å². The number of thioether (sulfide) groups is 1. The summed E-state index contributed by atoms with van der Waals surface area (Å²) in [5.74, 6) is 0.153. The molecule has 1 N–H and O–H groups in total. The Hall–Kier alpha value is -0.710. The fraction of sp³-hybridized carbons (Fsp3) is 0.818. The first-order valence-electron chi connectivity index (χ1n) is 5.82. The zero-order valence-corrected chi connectivity index (χ0v) is 10.9. The Morgan fingerprint density at radius 3 is 2.81 bits per heavy atom. The van der Waals surface area contributed by atoms with Gasteiger partial charge in [-0.25, -0.2) is 4.99 Å². The average Bonchev–Trinajstić information content (AvgIpc) is 2.48. The van der Waals surface area contributed by atoms with Crippen molar-refractivity contribution in [1.82, 2.24) is 10.2 Å². The Morgan fingerprint density at radius 1 is 1.50 bits per heavy atom. The molecular weight excluding hydrogens is 222 g/mol. The SMILES string of the molecule is CC1CC(C)SC(=NC2CCN(C)C2=O)N1. The van der Waals surface area contributed by atoms with Gasteiger partial charge in [-0.05, 0) is 19.8 Å². The zero-order chi connectivity index (χ0) is 11.7. The summed E-state index contributed by atoms with van der Waals surface area (Å²) in [5, 5.41) is 4.88. The van der Waals surface area contributed by atoms with E-state index in [1.165, 1.54) is 0 Å². The molecule has 2 fully saturated rings. The molecule has 2 heterocycles. The maximum atomic E-state index is 11.7. The number of carbonyl (C=O) groups is 1. The predicted molar refractivity (Wildman–Crippen MR) is 67.7 cm³/mol. The molecule has 0 bridgehead atoms. The minimum atomic E-state index is -0.155. The highest BCUT2D eigenvalue weighted by atomic mass is 32.2. The molecule has 0 aromatic heterocycles. The molecule has 1 amide bonds. The first-order valence-corrected chi connectivity index (χ1v) is 6.70. The van der Waals surface area contributed by atoms with Crippen molar-refractivity contribution in [3.05, 3.63) is 0 Å². The van der Waals surface area contributed by atoms with Crippen LogP contribution in [0.3, 0.4) is 0 Å². The van der Waals surface area contributed by atoms with Gasteiger partial charge >= 0.3 is 0 Å². The van der Waals surface area contributed by atoms with Gasteiger partial charge in [0.1, 0.15) is 6.04 Å². The van der Waals surface area contributed by atoms with Crippen LogP contribution in [-0.2, 0) is 4.79 Å². The van der Waals surface area contributed by atoms with Gasteiger partial charge in [-0.3, -0.25) is 4.79 Å². The van der Waals surface area contributed by atoms with Crippen molar-refractivity contribution in [2.24, 2.45) is 4.99 Å². The van der Waals surface area contributed by atoms with Crippen molar-refractivity contribution in [2.75, 3.05) is 13.6 Å². The topological polar surface area (TPSA) is 44.7 Å². The van der Waals surface area contributed by atoms with Crippen LogP contribution in [-0.4, -0.2) is 46.9 Å². The fourth-order valence-electron chi connectivity index (χ4n) is 2.17. The first-order chi connectivity index (χ1) is 7.56. The van der Waals surface area contributed by atoms with E-state index in [2.05, 4.69) is 24.2 Å². The predicted octanol–water partition coefficient (Wildman–Crippen LogP) is 1.08. The van der Waals surface area contributed by atoms with Gasteiger partial charge in [0.2, 0.25) is 5.91 Å². The number of hydrogen-bond donors (Lipinski definition) is 1. The summed E-state index contributed by atoms with van der Waals surface area (Å²) in [6.45, 7) is 5.20. The van der Waals surface area contributed by atoms with Crippen molar-refractivity contribution < 1.29 is 4.79 Å². The monoisotopic (exact) mass is 241 g/mol. The molecule has 5 heteroatoms. The molecule has 0 saturated carbocycles. The Balaban J connectivity index is 2.03. The normalized spacial score (nSPS) is 37.9. The highest BCUT2D eigenvalue weighted by Gasteiger charge is 2.30. The molecule has 4 nitrogen and oxygen atoms in total. The molecule has 16 heavy (non-hydrogen) atoms. The first kappa shape index (κ1) is 11.8. The van der Waals surface area contributed by atoms with Crippen LogP contribution in [0.4, 0.5) is 0 Å². The lowest BCUT2D eigenvalue weighted by molar-refractivity contribution is -0.127. The summed E-state index contributed by atoms with van der Waals surface area (Å²) in [4.78, 5) is 18.0. The zero-order valence-electron chi connectivity index (χ0n) is 10.1. The van der Waals surface area contributed by atoms with E-state index in [4.69, 9.17) is 0 Å². The second kappa shape index (κ2) is 4.65. The molecule has 90 valence electrons. The summed E-state index contributed by atoms with van der Waals surface area (Å²) in [7, 11) is 1.84. The number of carbonyl (C=O) groups excluding carboxylic acids is 1. The minimum Gasteiger partial charge on any atom is -0.362 e. The van der Waals surface area contributed by atoms with Gasteiger partial charge in [0.15, 0.2) is 5.17 Å². The molecule has 3 atom stereocenters. The molecule has 3 unspecified atom stereocenters.